The first-order valence-electron chi connectivity index (χ1n) is 12.4. The number of carbonyl (C=O) groups excluding carboxylic acids is 2. The van der Waals surface area contributed by atoms with Gasteiger partial charge in [-0.15, -0.1) is 0 Å². The average molecular weight is 503 g/mol. The van der Waals surface area contributed by atoms with Gasteiger partial charge < -0.3 is 13.8 Å². The summed E-state index contributed by atoms with van der Waals surface area (Å²) in [5, 5.41) is 0. The minimum absolute atomic E-state index is 0.236. The summed E-state index contributed by atoms with van der Waals surface area (Å²) >= 11 is 0. The molecule has 7 nitrogen and oxygen atoms in total. The SMILES string of the molecule is CC(C)(C)OP(=O)(C/C=C/B1OC(C)(C)C(C)(C)O1)CCCCCN1C(=O)c2ccccc2C1=O. The zero-order valence-electron chi connectivity index (χ0n) is 22.1. The maximum Gasteiger partial charge on any atom is 0.486 e. The molecule has 3 rings (SSSR count). The lowest BCUT2D eigenvalue weighted by Gasteiger charge is -2.32. The highest BCUT2D eigenvalue weighted by Crippen LogP contribution is 2.51. The molecular formula is C26H39BNO6P. The Kier molecular flexibility index (Phi) is 8.22. The van der Waals surface area contributed by atoms with Gasteiger partial charge in [0.2, 0.25) is 7.37 Å². The van der Waals surface area contributed by atoms with E-state index in [1.54, 1.807) is 24.3 Å². The minimum Gasteiger partial charge on any atom is -0.400 e. The molecule has 0 saturated carbocycles. The van der Waals surface area contributed by atoms with E-state index in [2.05, 4.69) is 0 Å². The normalized spacial score (nSPS) is 21.1. The summed E-state index contributed by atoms with van der Waals surface area (Å²) in [5.74, 6) is 1.35. The van der Waals surface area contributed by atoms with Crippen molar-refractivity contribution in [3.05, 3.63) is 47.4 Å². The Morgan fingerprint density at radius 2 is 1.51 bits per heavy atom. The Hall–Kier alpha value is -1.73. The topological polar surface area (TPSA) is 82.1 Å². The van der Waals surface area contributed by atoms with Crippen LogP contribution in [0.2, 0.25) is 0 Å². The second-order valence-electron chi connectivity index (χ2n) is 11.3. The van der Waals surface area contributed by atoms with E-state index >= 15 is 0 Å². The van der Waals surface area contributed by atoms with Crippen LogP contribution in [0.15, 0.2) is 36.3 Å². The molecule has 192 valence electrons. The average Bonchev–Trinajstić information content (AvgIpc) is 3.09. The van der Waals surface area contributed by atoms with Crippen LogP contribution in [0.3, 0.4) is 0 Å². The summed E-state index contributed by atoms with van der Waals surface area (Å²) in [6, 6.07) is 6.91. The molecule has 0 aliphatic carbocycles. The second kappa shape index (κ2) is 10.3. The highest BCUT2D eigenvalue weighted by atomic mass is 31.2. The highest BCUT2D eigenvalue weighted by Gasteiger charge is 2.50. The number of rotatable bonds is 10. The summed E-state index contributed by atoms with van der Waals surface area (Å²) in [7, 11) is -3.43. The molecule has 2 heterocycles. The smallest absolute Gasteiger partial charge is 0.400 e. The van der Waals surface area contributed by atoms with Gasteiger partial charge in [-0.2, -0.15) is 0 Å². The maximum absolute atomic E-state index is 13.7. The number of imide groups is 1. The van der Waals surface area contributed by atoms with Crippen LogP contribution in [-0.2, 0) is 18.4 Å². The Labute approximate surface area is 210 Å². The number of amides is 2. The molecule has 2 aliphatic rings. The monoisotopic (exact) mass is 503 g/mol. The number of fused-ring (bicyclic) bond motifs is 1. The molecule has 1 atom stereocenters. The molecule has 0 N–H and O–H groups in total. The number of hydrogen-bond acceptors (Lipinski definition) is 6. The van der Waals surface area contributed by atoms with Crippen LogP contribution in [0.5, 0.6) is 0 Å². The molecule has 0 aromatic heterocycles. The predicted molar refractivity (Wildman–Crippen MR) is 139 cm³/mol. The van der Waals surface area contributed by atoms with Crippen LogP contribution in [-0.4, -0.2) is 59.5 Å². The highest BCUT2D eigenvalue weighted by molar-refractivity contribution is 7.59. The number of unbranched alkanes of at least 4 members (excludes halogenated alkanes) is 2. The molecule has 1 aromatic carbocycles. The van der Waals surface area contributed by atoms with Crippen molar-refractivity contribution in [1.82, 2.24) is 4.90 Å². The molecular weight excluding hydrogens is 464 g/mol. The third-order valence-electron chi connectivity index (χ3n) is 6.65. The Bertz CT molecular complexity index is 978. The lowest BCUT2D eigenvalue weighted by molar-refractivity contribution is 0.00578. The lowest BCUT2D eigenvalue weighted by atomic mass is 9.90. The van der Waals surface area contributed by atoms with Crippen molar-refractivity contribution in [2.75, 3.05) is 18.9 Å². The largest absolute Gasteiger partial charge is 0.486 e. The lowest BCUT2D eigenvalue weighted by Crippen LogP contribution is -2.41. The van der Waals surface area contributed by atoms with Crippen LogP contribution < -0.4 is 0 Å². The summed E-state index contributed by atoms with van der Waals surface area (Å²) in [6.45, 7) is 14.1. The van der Waals surface area contributed by atoms with E-state index < -0.39 is 31.3 Å². The van der Waals surface area contributed by atoms with E-state index in [0.29, 0.717) is 42.8 Å². The quantitative estimate of drug-likeness (QED) is 0.176. The van der Waals surface area contributed by atoms with Crippen LogP contribution in [0.25, 0.3) is 0 Å². The first kappa shape index (κ1) is 27.9. The molecule has 2 aliphatic heterocycles. The molecule has 0 spiro atoms. The van der Waals surface area contributed by atoms with Gasteiger partial charge >= 0.3 is 7.12 Å². The van der Waals surface area contributed by atoms with Gasteiger partial charge in [0.1, 0.15) is 0 Å². The van der Waals surface area contributed by atoms with Crippen molar-refractivity contribution < 1.29 is 28.0 Å². The molecule has 0 radical (unpaired) electrons. The molecule has 2 amide bonds. The third kappa shape index (κ3) is 6.73. The van der Waals surface area contributed by atoms with Crippen molar-refractivity contribution in [3.8, 4) is 0 Å². The number of hydrogen-bond donors (Lipinski definition) is 0. The van der Waals surface area contributed by atoms with Crippen molar-refractivity contribution in [3.63, 3.8) is 0 Å². The molecule has 1 unspecified atom stereocenters. The van der Waals surface area contributed by atoms with Crippen LogP contribution in [0, 0.1) is 0 Å². The number of benzene rings is 1. The van der Waals surface area contributed by atoms with Crippen LogP contribution in [0.4, 0.5) is 0 Å². The number of nitrogens with zero attached hydrogens (tertiary/aromatic N) is 1. The van der Waals surface area contributed by atoms with Gasteiger partial charge in [-0.3, -0.25) is 19.1 Å². The molecule has 35 heavy (non-hydrogen) atoms. The van der Waals surface area contributed by atoms with Gasteiger partial charge in [-0.1, -0.05) is 30.6 Å². The summed E-state index contributed by atoms with van der Waals surface area (Å²) < 4.78 is 31.7. The zero-order valence-corrected chi connectivity index (χ0v) is 23.0. The van der Waals surface area contributed by atoms with Crippen molar-refractivity contribution in [2.45, 2.75) is 84.5 Å². The van der Waals surface area contributed by atoms with Crippen molar-refractivity contribution in [1.29, 1.82) is 0 Å². The Balaban J connectivity index is 1.51. The fourth-order valence-corrected chi connectivity index (χ4v) is 6.71. The van der Waals surface area contributed by atoms with E-state index in [9.17, 15) is 14.2 Å². The van der Waals surface area contributed by atoms with Gasteiger partial charge in [0.15, 0.2) is 0 Å². The molecule has 1 saturated heterocycles. The molecule has 1 aromatic rings. The van der Waals surface area contributed by atoms with E-state index in [-0.39, 0.29) is 11.8 Å². The first-order chi connectivity index (χ1) is 16.1. The van der Waals surface area contributed by atoms with Gasteiger partial charge in [-0.05, 0) is 73.4 Å². The Morgan fingerprint density at radius 1 is 0.971 bits per heavy atom. The van der Waals surface area contributed by atoms with Gasteiger partial charge in [0.25, 0.3) is 11.8 Å². The molecule has 9 heteroatoms. The minimum atomic E-state index is -2.94. The van der Waals surface area contributed by atoms with E-state index in [1.807, 2.05) is 60.5 Å². The summed E-state index contributed by atoms with van der Waals surface area (Å²) in [5.41, 5.74) is -0.447. The van der Waals surface area contributed by atoms with Crippen LogP contribution >= 0.6 is 7.37 Å². The molecule has 0 bridgehead atoms. The zero-order chi connectivity index (χ0) is 26.1. The fraction of sp³-hybridized carbons (Fsp3) is 0.615. The number of carbonyl (C=O) groups is 2. The third-order valence-corrected chi connectivity index (χ3v) is 9.29. The number of allylic oxidation sites excluding steroid dienone is 1. The van der Waals surface area contributed by atoms with Gasteiger partial charge in [0, 0.05) is 18.9 Å². The second-order valence-corrected chi connectivity index (χ2v) is 14.0. The van der Waals surface area contributed by atoms with E-state index in [1.165, 1.54) is 4.90 Å². The Morgan fingerprint density at radius 3 is 2.03 bits per heavy atom. The van der Waals surface area contributed by atoms with E-state index in [4.69, 9.17) is 13.8 Å². The van der Waals surface area contributed by atoms with Crippen LogP contribution in [0.1, 0.15) is 88.4 Å². The van der Waals surface area contributed by atoms with Gasteiger partial charge in [0.05, 0.1) is 27.9 Å². The van der Waals surface area contributed by atoms with Crippen molar-refractivity contribution >= 4 is 26.3 Å². The first-order valence-corrected chi connectivity index (χ1v) is 14.4. The summed E-state index contributed by atoms with van der Waals surface area (Å²) in [6.07, 6.45) is 4.65. The van der Waals surface area contributed by atoms with Gasteiger partial charge in [-0.25, -0.2) is 0 Å². The predicted octanol–water partition coefficient (Wildman–Crippen LogP) is 5.73. The van der Waals surface area contributed by atoms with Crippen molar-refractivity contribution in [2.24, 2.45) is 0 Å². The van der Waals surface area contributed by atoms with E-state index in [0.717, 1.165) is 6.42 Å². The standard InChI is InChI=1S/C26H39BNO6P/c1-24(2,3)34-35(31,19-13-16-27-32-25(4,5)26(6,7)33-27)18-12-8-11-17-28-22(29)20-14-9-10-15-21(20)23(28)30/h9-10,13-16H,8,11-12,17-19H2,1-7H3/b16-13+. The summed E-state index contributed by atoms with van der Waals surface area (Å²) in [4.78, 5) is 26.3. The fourth-order valence-electron chi connectivity index (χ4n) is 4.21. The maximum atomic E-state index is 13.7. The molecule has 1 fully saturated rings.